The van der Waals surface area contributed by atoms with Crippen LogP contribution in [0.15, 0.2) is 12.2 Å². The van der Waals surface area contributed by atoms with Gasteiger partial charge in [-0.1, -0.05) is 6.58 Å². The van der Waals surface area contributed by atoms with Crippen LogP contribution in [-0.2, 0) is 9.53 Å². The van der Waals surface area contributed by atoms with Crippen LogP contribution in [0.1, 0.15) is 13.3 Å². The summed E-state index contributed by atoms with van der Waals surface area (Å²) in [5, 5.41) is 0. The molecule has 0 spiro atoms. The van der Waals surface area contributed by atoms with Crippen molar-refractivity contribution in [2.24, 2.45) is 0 Å². The average molecular weight is 682 g/mol. The van der Waals surface area contributed by atoms with Crippen molar-refractivity contribution >= 4 is 5.97 Å². The Morgan fingerprint density at radius 1 is 0.476 bits per heavy atom. The molecular weight excluding hydrogens is 673 g/mol. The molecule has 0 amide bonds. The van der Waals surface area contributed by atoms with Crippen LogP contribution in [0.4, 0.5) is 101 Å². The summed E-state index contributed by atoms with van der Waals surface area (Å²) in [6.07, 6.45) is -11.2. The van der Waals surface area contributed by atoms with Crippen molar-refractivity contribution in [3.8, 4) is 0 Å². The summed E-state index contributed by atoms with van der Waals surface area (Å²) >= 11 is 0. The summed E-state index contributed by atoms with van der Waals surface area (Å²) < 4.78 is 309. The maximum atomic E-state index is 13.7. The third kappa shape index (κ3) is 5.18. The first-order valence-corrected chi connectivity index (χ1v) is 9.50. The Morgan fingerprint density at radius 2 is 0.714 bits per heavy atom. The number of esters is 1. The van der Waals surface area contributed by atoms with Gasteiger partial charge in [-0.05, 0) is 6.92 Å². The molecular formula is C17H9F23O2. The van der Waals surface area contributed by atoms with Crippen LogP contribution in [0, 0.1) is 0 Å². The number of hydrogen-bond donors (Lipinski definition) is 0. The molecule has 0 rings (SSSR count). The second kappa shape index (κ2) is 10.4. The fourth-order valence-corrected chi connectivity index (χ4v) is 2.34. The molecule has 0 aliphatic heterocycles. The van der Waals surface area contributed by atoms with Gasteiger partial charge in [-0.2, -0.15) is 101 Å². The Hall–Kier alpha value is -2.40. The average Bonchev–Trinajstić information content (AvgIpc) is 2.76. The van der Waals surface area contributed by atoms with E-state index in [0.717, 1.165) is 6.92 Å². The monoisotopic (exact) mass is 682 g/mol. The van der Waals surface area contributed by atoms with E-state index in [1.165, 1.54) is 0 Å². The zero-order valence-electron chi connectivity index (χ0n) is 19.1. The standard InChI is InChI=1S/C17H9F23O2/c1-5(2)6(41)42-4-3-7(18,19)8(20,21)9(22,23)10(24,25)11(26,27)12(28,29)13(30,31)14(32,33)15(34,35)16(36,37)17(38,39)40/h1,3-4H2,2H3. The second-order valence-electron chi connectivity index (χ2n) is 8.04. The van der Waals surface area contributed by atoms with Crippen molar-refractivity contribution in [3.05, 3.63) is 12.2 Å². The highest BCUT2D eigenvalue weighted by Gasteiger charge is 2.98. The fourth-order valence-electron chi connectivity index (χ4n) is 2.34. The molecule has 0 fully saturated rings. The lowest BCUT2D eigenvalue weighted by Gasteiger charge is -2.45. The van der Waals surface area contributed by atoms with Gasteiger partial charge in [0.1, 0.15) is 0 Å². The topological polar surface area (TPSA) is 26.3 Å². The van der Waals surface area contributed by atoms with Gasteiger partial charge < -0.3 is 4.74 Å². The molecule has 0 N–H and O–H groups in total. The molecule has 0 aromatic rings. The summed E-state index contributed by atoms with van der Waals surface area (Å²) in [6, 6.07) is 0. The van der Waals surface area contributed by atoms with E-state index in [1.54, 1.807) is 0 Å². The predicted octanol–water partition coefficient (Wildman–Crippen LogP) is 8.41. The Morgan fingerprint density at radius 3 is 0.952 bits per heavy atom. The van der Waals surface area contributed by atoms with Crippen LogP contribution in [0.5, 0.6) is 0 Å². The first-order chi connectivity index (χ1) is 17.8. The zero-order chi connectivity index (χ0) is 34.8. The van der Waals surface area contributed by atoms with E-state index in [-0.39, 0.29) is 0 Å². The predicted molar refractivity (Wildman–Crippen MR) is 85.9 cm³/mol. The van der Waals surface area contributed by atoms with E-state index in [9.17, 15) is 106 Å². The highest BCUT2D eigenvalue weighted by atomic mass is 19.4. The van der Waals surface area contributed by atoms with E-state index < -0.39 is 90.0 Å². The van der Waals surface area contributed by atoms with Crippen molar-refractivity contribution in [1.29, 1.82) is 0 Å². The lowest BCUT2D eigenvalue weighted by molar-refractivity contribution is -0.478. The first kappa shape index (κ1) is 39.6. The van der Waals surface area contributed by atoms with Gasteiger partial charge in [-0.25, -0.2) is 4.79 Å². The number of carbonyl (C=O) groups is 1. The minimum Gasteiger partial charge on any atom is -0.462 e. The van der Waals surface area contributed by atoms with Gasteiger partial charge in [0.25, 0.3) is 0 Å². The third-order valence-electron chi connectivity index (χ3n) is 4.97. The third-order valence-corrected chi connectivity index (χ3v) is 4.97. The molecule has 2 nitrogen and oxygen atoms in total. The molecule has 250 valence electrons. The number of hydrogen-bond acceptors (Lipinski definition) is 2. The normalized spacial score (nSPS) is 16.0. The van der Waals surface area contributed by atoms with Crippen LogP contribution in [0.2, 0.25) is 0 Å². The van der Waals surface area contributed by atoms with Gasteiger partial charge in [0.05, 0.1) is 13.0 Å². The molecule has 0 bridgehead atoms. The minimum absolute atomic E-state index is 0.722. The second-order valence-corrected chi connectivity index (χ2v) is 8.04. The molecule has 0 aliphatic carbocycles. The van der Waals surface area contributed by atoms with Crippen molar-refractivity contribution in [3.63, 3.8) is 0 Å². The van der Waals surface area contributed by atoms with Crippen molar-refractivity contribution in [1.82, 2.24) is 0 Å². The smallest absolute Gasteiger partial charge is 0.460 e. The Bertz CT molecular complexity index is 1020. The van der Waals surface area contributed by atoms with Gasteiger partial charge >= 0.3 is 71.4 Å². The van der Waals surface area contributed by atoms with E-state index in [4.69, 9.17) is 0 Å². The SMILES string of the molecule is C=C(C)C(=O)OCCC(F)(F)C(F)(F)C(F)(F)C(F)(F)C(F)(F)C(F)(F)C(F)(F)C(F)(F)C(F)(F)C(F)(F)C(F)(F)F. The molecule has 25 heteroatoms. The largest absolute Gasteiger partial charge is 0.462 e. The molecule has 0 aliphatic rings. The molecule has 0 unspecified atom stereocenters. The number of carbonyl (C=O) groups excluding carboxylic acids is 1. The minimum atomic E-state index is -9.44. The molecule has 0 aromatic carbocycles. The van der Waals surface area contributed by atoms with Gasteiger partial charge in [0.15, 0.2) is 0 Å². The van der Waals surface area contributed by atoms with Crippen LogP contribution in [0.25, 0.3) is 0 Å². The van der Waals surface area contributed by atoms with E-state index >= 15 is 0 Å². The molecule has 0 radical (unpaired) electrons. The van der Waals surface area contributed by atoms with E-state index in [1.807, 2.05) is 0 Å². The maximum absolute atomic E-state index is 13.7. The molecule has 0 aromatic heterocycles. The van der Waals surface area contributed by atoms with Gasteiger partial charge in [0.2, 0.25) is 0 Å². The first-order valence-electron chi connectivity index (χ1n) is 9.50. The number of rotatable bonds is 13. The summed E-state index contributed by atoms with van der Waals surface area (Å²) in [5.74, 6) is -89.9. The lowest BCUT2D eigenvalue weighted by atomic mass is 9.85. The summed E-state index contributed by atoms with van der Waals surface area (Å²) in [4.78, 5) is 10.9. The molecule has 0 saturated heterocycles. The van der Waals surface area contributed by atoms with Gasteiger partial charge in [-0.15, -0.1) is 0 Å². The van der Waals surface area contributed by atoms with Gasteiger partial charge in [-0.3, -0.25) is 0 Å². The zero-order valence-corrected chi connectivity index (χ0v) is 19.1. The van der Waals surface area contributed by atoms with Gasteiger partial charge in [0, 0.05) is 5.57 Å². The lowest BCUT2D eigenvalue weighted by Crippen LogP contribution is -2.77. The van der Waals surface area contributed by atoms with Crippen LogP contribution < -0.4 is 0 Å². The summed E-state index contributed by atoms with van der Waals surface area (Å²) in [7, 11) is 0. The highest BCUT2D eigenvalue weighted by molar-refractivity contribution is 5.86. The number of alkyl halides is 23. The number of halogens is 23. The molecule has 0 saturated carbocycles. The fraction of sp³-hybridized carbons (Fsp3) is 0.824. The molecule has 42 heavy (non-hydrogen) atoms. The Labute approximate surface area is 215 Å². The Balaban J connectivity index is 6.95. The Kier molecular flexibility index (Phi) is 9.76. The van der Waals surface area contributed by atoms with Crippen molar-refractivity contribution in [2.45, 2.75) is 78.7 Å². The van der Waals surface area contributed by atoms with Crippen molar-refractivity contribution in [2.75, 3.05) is 6.61 Å². The summed E-state index contributed by atoms with van der Waals surface area (Å²) in [5.41, 5.74) is -0.722. The van der Waals surface area contributed by atoms with Crippen LogP contribution >= 0.6 is 0 Å². The highest BCUT2D eigenvalue weighted by Crippen LogP contribution is 2.67. The molecule has 0 atom stereocenters. The maximum Gasteiger partial charge on any atom is 0.460 e. The number of ether oxygens (including phenoxy) is 1. The summed E-state index contributed by atoms with van der Waals surface area (Å²) in [6.45, 7) is 1.32. The van der Waals surface area contributed by atoms with Crippen LogP contribution in [-0.4, -0.2) is 78.0 Å². The quantitative estimate of drug-likeness (QED) is 0.111. The van der Waals surface area contributed by atoms with E-state index in [0.29, 0.717) is 0 Å². The molecule has 0 heterocycles. The van der Waals surface area contributed by atoms with E-state index in [2.05, 4.69) is 11.3 Å². The van der Waals surface area contributed by atoms with Crippen molar-refractivity contribution < 1.29 is 111 Å². The van der Waals surface area contributed by atoms with Crippen LogP contribution in [0.3, 0.4) is 0 Å².